The maximum absolute atomic E-state index is 12.8. The number of rotatable bonds is 6. The number of carbonyl (C=O) groups excluding carboxylic acids is 2. The minimum Gasteiger partial charge on any atom is -0.455 e. The van der Waals surface area contributed by atoms with Crippen molar-refractivity contribution in [3.8, 4) is 0 Å². The molecule has 4 nitrogen and oxygen atoms in total. The lowest BCUT2D eigenvalue weighted by molar-refractivity contribution is -0.154. The molecule has 25 heavy (non-hydrogen) atoms. The number of nitrogens with one attached hydrogen (secondary N) is 1. The molecule has 2 fully saturated rings. The summed E-state index contributed by atoms with van der Waals surface area (Å²) in [5.74, 6) is 0.156. The number of carbonyl (C=O) groups is 2. The molecule has 2 aliphatic rings. The predicted octanol–water partition coefficient (Wildman–Crippen LogP) is 3.74. The lowest BCUT2D eigenvalue weighted by Crippen LogP contribution is -2.38. The van der Waals surface area contributed by atoms with Crippen molar-refractivity contribution in [3.63, 3.8) is 0 Å². The van der Waals surface area contributed by atoms with Crippen molar-refractivity contribution in [2.45, 2.75) is 63.2 Å². The van der Waals surface area contributed by atoms with Gasteiger partial charge >= 0.3 is 5.97 Å². The Bertz CT molecular complexity index is 572. The standard InChI is InChI=1S/C21H29NO3/c23-19(22-15-17-9-3-1-4-10-17)16-25-20(24)21(13-7-8-14-21)18-11-5-2-6-12-18/h2,5-6,11-12,17H,1,3-4,7-10,13-16H2,(H,22,23). The van der Waals surface area contributed by atoms with E-state index in [0.29, 0.717) is 12.5 Å². The van der Waals surface area contributed by atoms with Crippen molar-refractivity contribution in [1.82, 2.24) is 5.32 Å². The zero-order valence-corrected chi connectivity index (χ0v) is 15.0. The van der Waals surface area contributed by atoms with Crippen molar-refractivity contribution in [3.05, 3.63) is 35.9 Å². The van der Waals surface area contributed by atoms with Crippen LogP contribution in [0, 0.1) is 5.92 Å². The molecule has 3 rings (SSSR count). The van der Waals surface area contributed by atoms with Crippen molar-refractivity contribution < 1.29 is 14.3 Å². The summed E-state index contributed by atoms with van der Waals surface area (Å²) < 4.78 is 5.43. The van der Waals surface area contributed by atoms with E-state index in [2.05, 4.69) is 5.32 Å². The summed E-state index contributed by atoms with van der Waals surface area (Å²) >= 11 is 0. The third kappa shape index (κ3) is 4.42. The van der Waals surface area contributed by atoms with Crippen LogP contribution in [0.1, 0.15) is 63.4 Å². The van der Waals surface area contributed by atoms with Gasteiger partial charge in [-0.15, -0.1) is 0 Å². The Morgan fingerprint density at radius 1 is 1.00 bits per heavy atom. The number of benzene rings is 1. The molecule has 0 unspecified atom stereocenters. The first-order valence-corrected chi connectivity index (χ1v) is 9.70. The van der Waals surface area contributed by atoms with Gasteiger partial charge in [0.2, 0.25) is 0 Å². The van der Waals surface area contributed by atoms with Gasteiger partial charge in [0.15, 0.2) is 6.61 Å². The van der Waals surface area contributed by atoms with E-state index in [9.17, 15) is 9.59 Å². The van der Waals surface area contributed by atoms with E-state index in [0.717, 1.165) is 31.2 Å². The highest BCUT2D eigenvalue weighted by Crippen LogP contribution is 2.42. The summed E-state index contributed by atoms with van der Waals surface area (Å²) in [6.07, 6.45) is 9.87. The molecule has 2 aliphatic carbocycles. The monoisotopic (exact) mass is 343 g/mol. The summed E-state index contributed by atoms with van der Waals surface area (Å²) in [4.78, 5) is 24.8. The highest BCUT2D eigenvalue weighted by molar-refractivity contribution is 5.86. The van der Waals surface area contributed by atoms with E-state index in [1.165, 1.54) is 32.1 Å². The highest BCUT2D eigenvalue weighted by Gasteiger charge is 2.44. The fourth-order valence-electron chi connectivity index (χ4n) is 4.32. The Labute approximate surface area is 150 Å². The van der Waals surface area contributed by atoms with Crippen LogP contribution in [0.3, 0.4) is 0 Å². The quantitative estimate of drug-likeness (QED) is 0.801. The summed E-state index contributed by atoms with van der Waals surface area (Å²) in [5.41, 5.74) is 0.449. The smallest absolute Gasteiger partial charge is 0.317 e. The Kier molecular flexibility index (Phi) is 6.11. The van der Waals surface area contributed by atoms with Crippen LogP contribution >= 0.6 is 0 Å². The lowest BCUT2D eigenvalue weighted by Gasteiger charge is -2.27. The predicted molar refractivity (Wildman–Crippen MR) is 97.1 cm³/mol. The molecule has 1 N–H and O–H groups in total. The minimum atomic E-state index is -0.565. The number of amides is 1. The van der Waals surface area contributed by atoms with Gasteiger partial charge in [-0.25, -0.2) is 0 Å². The van der Waals surface area contributed by atoms with Crippen LogP contribution in [0.25, 0.3) is 0 Å². The summed E-state index contributed by atoms with van der Waals surface area (Å²) in [6, 6.07) is 9.86. The van der Waals surface area contributed by atoms with Gasteiger partial charge in [-0.2, -0.15) is 0 Å². The Morgan fingerprint density at radius 3 is 2.36 bits per heavy atom. The van der Waals surface area contributed by atoms with Gasteiger partial charge in [0.05, 0.1) is 5.41 Å². The lowest BCUT2D eigenvalue weighted by atomic mass is 9.79. The average Bonchev–Trinajstić information content (AvgIpc) is 3.17. The van der Waals surface area contributed by atoms with E-state index in [1.54, 1.807) is 0 Å². The first-order valence-electron chi connectivity index (χ1n) is 9.70. The van der Waals surface area contributed by atoms with Crippen LogP contribution in [0.5, 0.6) is 0 Å². The van der Waals surface area contributed by atoms with Gasteiger partial charge < -0.3 is 10.1 Å². The van der Waals surface area contributed by atoms with Crippen LogP contribution in [-0.4, -0.2) is 25.0 Å². The third-order valence-corrected chi connectivity index (χ3v) is 5.82. The molecule has 0 heterocycles. The largest absolute Gasteiger partial charge is 0.455 e. The molecule has 136 valence electrons. The molecule has 1 aromatic rings. The molecule has 0 saturated heterocycles. The SMILES string of the molecule is O=C(COC(=O)C1(c2ccccc2)CCCC1)NCC1CCCCC1. The van der Waals surface area contributed by atoms with Crippen molar-refractivity contribution in [1.29, 1.82) is 0 Å². The number of hydrogen-bond donors (Lipinski definition) is 1. The van der Waals surface area contributed by atoms with Crippen LogP contribution in [0.4, 0.5) is 0 Å². The molecule has 0 atom stereocenters. The van der Waals surface area contributed by atoms with Crippen molar-refractivity contribution in [2.24, 2.45) is 5.92 Å². The fourth-order valence-corrected chi connectivity index (χ4v) is 4.32. The first kappa shape index (κ1) is 18.0. The van der Waals surface area contributed by atoms with Gasteiger partial charge in [0, 0.05) is 6.54 Å². The molecule has 0 radical (unpaired) electrons. The minimum absolute atomic E-state index is 0.167. The Balaban J connectivity index is 1.51. The van der Waals surface area contributed by atoms with E-state index in [4.69, 9.17) is 4.74 Å². The van der Waals surface area contributed by atoms with E-state index >= 15 is 0 Å². The third-order valence-electron chi connectivity index (χ3n) is 5.82. The van der Waals surface area contributed by atoms with Gasteiger partial charge in [-0.3, -0.25) is 9.59 Å². The second kappa shape index (κ2) is 8.50. The van der Waals surface area contributed by atoms with Gasteiger partial charge in [-0.1, -0.05) is 62.4 Å². The first-order chi connectivity index (χ1) is 12.2. The molecule has 0 aliphatic heterocycles. The summed E-state index contributed by atoms with van der Waals surface area (Å²) in [5, 5.41) is 2.93. The maximum Gasteiger partial charge on any atom is 0.317 e. The Morgan fingerprint density at radius 2 is 1.68 bits per heavy atom. The van der Waals surface area contributed by atoms with Gasteiger partial charge in [-0.05, 0) is 37.2 Å². The zero-order valence-electron chi connectivity index (χ0n) is 15.0. The maximum atomic E-state index is 12.8. The fraction of sp³-hybridized carbons (Fsp3) is 0.619. The molecule has 1 aromatic carbocycles. The van der Waals surface area contributed by atoms with Crippen LogP contribution in [0.2, 0.25) is 0 Å². The number of hydrogen-bond acceptors (Lipinski definition) is 3. The van der Waals surface area contributed by atoms with Gasteiger partial charge in [0.1, 0.15) is 0 Å². The highest BCUT2D eigenvalue weighted by atomic mass is 16.5. The molecular formula is C21H29NO3. The summed E-state index contributed by atoms with van der Waals surface area (Å²) in [6.45, 7) is 0.542. The van der Waals surface area contributed by atoms with E-state index < -0.39 is 5.41 Å². The van der Waals surface area contributed by atoms with E-state index in [1.807, 2.05) is 30.3 Å². The number of ether oxygens (including phenoxy) is 1. The molecule has 0 spiro atoms. The van der Waals surface area contributed by atoms with Crippen LogP contribution < -0.4 is 5.32 Å². The van der Waals surface area contributed by atoms with Gasteiger partial charge in [0.25, 0.3) is 5.91 Å². The van der Waals surface area contributed by atoms with Crippen LogP contribution in [0.15, 0.2) is 30.3 Å². The molecule has 1 amide bonds. The molecular weight excluding hydrogens is 314 g/mol. The molecule has 0 aromatic heterocycles. The normalized spacial score (nSPS) is 20.2. The Hall–Kier alpha value is -1.84. The van der Waals surface area contributed by atoms with E-state index in [-0.39, 0.29) is 18.5 Å². The van der Waals surface area contributed by atoms with Crippen molar-refractivity contribution in [2.75, 3.05) is 13.2 Å². The van der Waals surface area contributed by atoms with Crippen molar-refractivity contribution >= 4 is 11.9 Å². The average molecular weight is 343 g/mol. The molecule has 4 heteroatoms. The second-order valence-corrected chi connectivity index (χ2v) is 7.54. The molecule has 2 saturated carbocycles. The molecule has 0 bridgehead atoms. The topological polar surface area (TPSA) is 55.4 Å². The summed E-state index contributed by atoms with van der Waals surface area (Å²) in [7, 11) is 0. The zero-order chi connectivity index (χ0) is 17.5. The second-order valence-electron chi connectivity index (χ2n) is 7.54. The van der Waals surface area contributed by atoms with Crippen LogP contribution in [-0.2, 0) is 19.7 Å². The number of esters is 1.